The van der Waals surface area contributed by atoms with Crippen LogP contribution in [0.4, 0.5) is 0 Å². The molecular weight excluding hydrogens is 404 g/mol. The SMILES string of the molecule is CC1(C)CC(=O)C2C(C1)OC1CC(C)(C)CC(=O)C1C2c1cccc(Br)c1. The van der Waals surface area contributed by atoms with Crippen molar-refractivity contribution >= 4 is 27.5 Å². The van der Waals surface area contributed by atoms with Gasteiger partial charge in [-0.1, -0.05) is 55.8 Å². The first-order valence-electron chi connectivity index (χ1n) is 10.0. The van der Waals surface area contributed by atoms with Gasteiger partial charge in [-0.05, 0) is 41.4 Å². The molecule has 146 valence electrons. The summed E-state index contributed by atoms with van der Waals surface area (Å²) in [6, 6.07) is 8.17. The first-order valence-corrected chi connectivity index (χ1v) is 10.8. The van der Waals surface area contributed by atoms with Gasteiger partial charge in [0.1, 0.15) is 11.6 Å². The van der Waals surface area contributed by atoms with Gasteiger partial charge in [-0.15, -0.1) is 0 Å². The average molecular weight is 433 g/mol. The highest BCUT2D eigenvalue weighted by Gasteiger charge is 2.57. The lowest BCUT2D eigenvalue weighted by atomic mass is 9.56. The van der Waals surface area contributed by atoms with Crippen molar-refractivity contribution in [1.29, 1.82) is 0 Å². The van der Waals surface area contributed by atoms with Crippen LogP contribution in [-0.2, 0) is 14.3 Å². The lowest BCUT2D eigenvalue weighted by Crippen LogP contribution is -2.58. The topological polar surface area (TPSA) is 43.4 Å². The Balaban J connectivity index is 1.80. The van der Waals surface area contributed by atoms with Crippen molar-refractivity contribution < 1.29 is 14.3 Å². The van der Waals surface area contributed by atoms with Gasteiger partial charge < -0.3 is 4.74 Å². The second-order valence-electron chi connectivity index (χ2n) is 10.4. The van der Waals surface area contributed by atoms with Gasteiger partial charge >= 0.3 is 0 Å². The van der Waals surface area contributed by atoms with Gasteiger partial charge in [0.2, 0.25) is 0 Å². The van der Waals surface area contributed by atoms with Crippen molar-refractivity contribution in [2.75, 3.05) is 0 Å². The molecule has 1 saturated heterocycles. The minimum atomic E-state index is -0.210. The van der Waals surface area contributed by atoms with Crippen LogP contribution in [-0.4, -0.2) is 23.8 Å². The maximum atomic E-state index is 13.2. The van der Waals surface area contributed by atoms with Gasteiger partial charge in [0.25, 0.3) is 0 Å². The number of ketones is 2. The normalized spacial score (nSPS) is 37.4. The third kappa shape index (κ3) is 3.55. The molecule has 0 N–H and O–H groups in total. The minimum absolute atomic E-state index is 0.0406. The van der Waals surface area contributed by atoms with E-state index in [0.717, 1.165) is 22.9 Å². The predicted molar refractivity (Wildman–Crippen MR) is 109 cm³/mol. The zero-order valence-corrected chi connectivity index (χ0v) is 18.2. The van der Waals surface area contributed by atoms with E-state index in [2.05, 4.69) is 55.8 Å². The first kappa shape index (κ1) is 19.3. The Morgan fingerprint density at radius 3 is 1.89 bits per heavy atom. The number of ether oxygens (including phenoxy) is 1. The maximum Gasteiger partial charge on any atom is 0.139 e. The molecule has 1 aliphatic heterocycles. The molecule has 2 aliphatic carbocycles. The van der Waals surface area contributed by atoms with Crippen molar-refractivity contribution in [3.63, 3.8) is 0 Å². The molecular formula is C23H29BrO3. The smallest absolute Gasteiger partial charge is 0.139 e. The summed E-state index contributed by atoms with van der Waals surface area (Å²) in [5.74, 6) is 0.0329. The minimum Gasteiger partial charge on any atom is -0.373 e. The highest BCUT2D eigenvalue weighted by molar-refractivity contribution is 9.10. The molecule has 0 radical (unpaired) electrons. The molecule has 0 bridgehead atoms. The fourth-order valence-electron chi connectivity index (χ4n) is 5.79. The van der Waals surface area contributed by atoms with Gasteiger partial charge in [0.15, 0.2) is 0 Å². The maximum absolute atomic E-state index is 13.2. The average Bonchev–Trinajstić information content (AvgIpc) is 2.50. The van der Waals surface area contributed by atoms with E-state index in [1.165, 1.54) is 0 Å². The van der Waals surface area contributed by atoms with Crippen LogP contribution in [0, 0.1) is 22.7 Å². The Morgan fingerprint density at radius 1 is 0.889 bits per heavy atom. The number of rotatable bonds is 1. The van der Waals surface area contributed by atoms with Crippen LogP contribution in [0.3, 0.4) is 0 Å². The molecule has 0 aromatic heterocycles. The summed E-state index contributed by atoms with van der Waals surface area (Å²) in [4.78, 5) is 26.4. The molecule has 0 spiro atoms. The molecule has 27 heavy (non-hydrogen) atoms. The molecule has 3 nitrogen and oxygen atoms in total. The van der Waals surface area contributed by atoms with E-state index in [4.69, 9.17) is 4.74 Å². The molecule has 4 heteroatoms. The molecule has 1 heterocycles. The van der Waals surface area contributed by atoms with Gasteiger partial charge in [-0.3, -0.25) is 9.59 Å². The monoisotopic (exact) mass is 432 g/mol. The van der Waals surface area contributed by atoms with E-state index < -0.39 is 0 Å². The third-order valence-electron chi connectivity index (χ3n) is 6.71. The molecule has 4 atom stereocenters. The molecule has 1 aromatic rings. The van der Waals surface area contributed by atoms with Crippen molar-refractivity contribution in [2.24, 2.45) is 22.7 Å². The van der Waals surface area contributed by atoms with Crippen LogP contribution in [0.25, 0.3) is 0 Å². The van der Waals surface area contributed by atoms with E-state index in [0.29, 0.717) is 12.8 Å². The van der Waals surface area contributed by atoms with E-state index in [-0.39, 0.29) is 52.4 Å². The van der Waals surface area contributed by atoms with Gasteiger partial charge in [0.05, 0.1) is 24.0 Å². The summed E-state index contributed by atoms with van der Waals surface area (Å²) < 4.78 is 7.53. The molecule has 3 aliphatic rings. The summed E-state index contributed by atoms with van der Waals surface area (Å²) in [6.45, 7) is 8.61. The van der Waals surface area contributed by atoms with Crippen molar-refractivity contribution in [2.45, 2.75) is 71.5 Å². The largest absolute Gasteiger partial charge is 0.373 e. The third-order valence-corrected chi connectivity index (χ3v) is 7.21. The molecule has 4 rings (SSSR count). The first-order chi connectivity index (χ1) is 12.6. The van der Waals surface area contributed by atoms with E-state index in [1.807, 2.05) is 12.1 Å². The second-order valence-corrected chi connectivity index (χ2v) is 11.3. The Kier molecular flexibility index (Phi) is 4.67. The fraction of sp³-hybridized carbons (Fsp3) is 0.652. The summed E-state index contributed by atoms with van der Waals surface area (Å²) in [5.41, 5.74) is 1.01. The zero-order valence-electron chi connectivity index (χ0n) is 16.6. The van der Waals surface area contributed by atoms with E-state index in [9.17, 15) is 9.59 Å². The van der Waals surface area contributed by atoms with Gasteiger partial charge in [-0.25, -0.2) is 0 Å². The van der Waals surface area contributed by atoms with Gasteiger partial charge in [-0.2, -0.15) is 0 Å². The van der Waals surface area contributed by atoms with E-state index in [1.54, 1.807) is 0 Å². The number of hydrogen-bond acceptors (Lipinski definition) is 3. The van der Waals surface area contributed by atoms with Crippen LogP contribution in [0.2, 0.25) is 0 Å². The second kappa shape index (κ2) is 6.52. The number of carbonyl (C=O) groups excluding carboxylic acids is 2. The highest BCUT2D eigenvalue weighted by Crippen LogP contribution is 2.54. The van der Waals surface area contributed by atoms with Crippen LogP contribution in [0.5, 0.6) is 0 Å². The van der Waals surface area contributed by atoms with Crippen LogP contribution in [0.1, 0.15) is 64.9 Å². The lowest BCUT2D eigenvalue weighted by molar-refractivity contribution is -0.186. The zero-order chi connectivity index (χ0) is 19.6. The summed E-state index contributed by atoms with van der Waals surface area (Å²) in [5, 5.41) is 0. The summed E-state index contributed by atoms with van der Waals surface area (Å²) in [6.07, 6.45) is 2.72. The van der Waals surface area contributed by atoms with Crippen LogP contribution >= 0.6 is 15.9 Å². The fourth-order valence-corrected chi connectivity index (χ4v) is 6.20. The number of fused-ring (bicyclic) bond motifs is 2. The van der Waals surface area contributed by atoms with Gasteiger partial charge in [0, 0.05) is 23.2 Å². The molecule has 2 saturated carbocycles. The van der Waals surface area contributed by atoms with Crippen LogP contribution in [0.15, 0.2) is 28.7 Å². The Bertz CT molecular complexity index is 740. The number of Topliss-reactive ketones (excluding diaryl/α,β-unsaturated/α-hetero) is 2. The van der Waals surface area contributed by atoms with Crippen molar-refractivity contribution in [3.05, 3.63) is 34.3 Å². The summed E-state index contributed by atoms with van der Waals surface area (Å²) >= 11 is 3.57. The highest BCUT2D eigenvalue weighted by atomic mass is 79.9. The Hall–Kier alpha value is -1.000. The number of carbonyl (C=O) groups is 2. The van der Waals surface area contributed by atoms with Crippen molar-refractivity contribution in [3.8, 4) is 0 Å². The Labute approximate surface area is 170 Å². The number of benzene rings is 1. The van der Waals surface area contributed by atoms with Crippen LogP contribution < -0.4 is 0 Å². The number of halogens is 1. The molecule has 1 aromatic carbocycles. The Morgan fingerprint density at radius 2 is 1.41 bits per heavy atom. The molecule has 0 amide bonds. The number of hydrogen-bond donors (Lipinski definition) is 0. The lowest BCUT2D eigenvalue weighted by Gasteiger charge is -2.54. The van der Waals surface area contributed by atoms with Crippen molar-refractivity contribution in [1.82, 2.24) is 0 Å². The van der Waals surface area contributed by atoms with E-state index >= 15 is 0 Å². The standard InChI is InChI=1S/C23H29BrO3/c1-22(2)9-15(25)20-17(11-22)27-18-12-23(3,4)10-16(26)21(18)19(20)13-6-5-7-14(24)8-13/h5-8,17-21H,9-12H2,1-4H3. The summed E-state index contributed by atoms with van der Waals surface area (Å²) in [7, 11) is 0. The molecule has 3 fully saturated rings. The molecule has 4 unspecified atom stereocenters. The quantitative estimate of drug-likeness (QED) is 0.603. The predicted octanol–water partition coefficient (Wildman–Crippen LogP) is 5.31.